The Morgan fingerprint density at radius 2 is 2.04 bits per heavy atom. The summed E-state index contributed by atoms with van der Waals surface area (Å²) in [6.45, 7) is 0. The lowest BCUT2D eigenvalue weighted by molar-refractivity contribution is -0.137. The molecule has 0 aliphatic heterocycles. The average Bonchev–Trinajstić information content (AvgIpc) is 2.53. The Morgan fingerprint density at radius 1 is 1.25 bits per heavy atom. The second-order valence-electron chi connectivity index (χ2n) is 4.48. The molecule has 5 nitrogen and oxygen atoms in total. The molecule has 0 aliphatic carbocycles. The van der Waals surface area contributed by atoms with E-state index in [1.54, 1.807) is 0 Å². The molecule has 2 aromatic rings. The lowest BCUT2D eigenvalue weighted by atomic mass is 10.2. The number of hydrogen-bond donors (Lipinski definition) is 1. The van der Waals surface area contributed by atoms with Crippen LogP contribution in [-0.4, -0.2) is 22.1 Å². The summed E-state index contributed by atoms with van der Waals surface area (Å²) in [4.78, 5) is 22.0. The molecule has 0 spiro atoms. The number of benzene rings is 1. The van der Waals surface area contributed by atoms with E-state index < -0.39 is 17.7 Å². The highest BCUT2D eigenvalue weighted by molar-refractivity contribution is 5.86. The van der Waals surface area contributed by atoms with Gasteiger partial charge in [0.1, 0.15) is 11.7 Å². The van der Waals surface area contributed by atoms with Crippen molar-refractivity contribution in [2.45, 2.75) is 6.18 Å². The number of aromatic nitrogens is 1. The van der Waals surface area contributed by atoms with E-state index in [4.69, 9.17) is 5.11 Å². The van der Waals surface area contributed by atoms with Gasteiger partial charge in [-0.15, -0.1) is 0 Å². The molecule has 0 saturated heterocycles. The van der Waals surface area contributed by atoms with Crippen LogP contribution >= 0.6 is 0 Å². The van der Waals surface area contributed by atoms with Crippen LogP contribution < -0.4 is 0 Å². The Hall–Kier alpha value is -3.25. The molecule has 0 radical (unpaired) electrons. The zero-order valence-electron chi connectivity index (χ0n) is 12.0. The third-order valence-corrected chi connectivity index (χ3v) is 2.76. The topological polar surface area (TPSA) is 74.9 Å². The SMILES string of the molecule is O=C(O)/C=C/c1ccncc1N=C=Nc1cccc(C(F)(F)F)c1. The summed E-state index contributed by atoms with van der Waals surface area (Å²) in [6.07, 6.45) is 0.592. The molecule has 2 rings (SSSR count). The number of alkyl halides is 3. The third-order valence-electron chi connectivity index (χ3n) is 2.76. The molecule has 8 heteroatoms. The Morgan fingerprint density at radius 3 is 2.75 bits per heavy atom. The van der Waals surface area contributed by atoms with Gasteiger partial charge in [-0.1, -0.05) is 6.07 Å². The van der Waals surface area contributed by atoms with Gasteiger partial charge in [0.25, 0.3) is 0 Å². The van der Waals surface area contributed by atoms with Gasteiger partial charge in [-0.05, 0) is 30.3 Å². The highest BCUT2D eigenvalue weighted by atomic mass is 19.4. The van der Waals surface area contributed by atoms with Crippen molar-refractivity contribution in [3.05, 3.63) is 59.9 Å². The molecule has 0 aliphatic rings. The van der Waals surface area contributed by atoms with Gasteiger partial charge in [0.2, 0.25) is 0 Å². The van der Waals surface area contributed by atoms with Crippen molar-refractivity contribution in [2.24, 2.45) is 9.98 Å². The van der Waals surface area contributed by atoms with Crippen molar-refractivity contribution in [1.29, 1.82) is 0 Å². The first kappa shape index (κ1) is 17.1. The fourth-order valence-electron chi connectivity index (χ4n) is 1.68. The van der Waals surface area contributed by atoms with Crippen LogP contribution in [0.5, 0.6) is 0 Å². The van der Waals surface area contributed by atoms with Crippen molar-refractivity contribution < 1.29 is 23.1 Å². The van der Waals surface area contributed by atoms with Gasteiger partial charge in [-0.25, -0.2) is 4.79 Å². The number of aliphatic carboxylic acids is 1. The normalized spacial score (nSPS) is 11.1. The first-order chi connectivity index (χ1) is 11.4. The third kappa shape index (κ3) is 4.89. The van der Waals surface area contributed by atoms with E-state index in [2.05, 4.69) is 21.0 Å². The number of rotatable bonds is 4. The quantitative estimate of drug-likeness (QED) is 0.668. The molecule has 0 bridgehead atoms. The molecule has 0 saturated carbocycles. The maximum atomic E-state index is 12.6. The molecule has 0 fully saturated rings. The lowest BCUT2D eigenvalue weighted by Crippen LogP contribution is -2.03. The second kappa shape index (κ2) is 7.34. The highest BCUT2D eigenvalue weighted by Crippen LogP contribution is 2.31. The van der Waals surface area contributed by atoms with Crippen LogP contribution in [-0.2, 0) is 11.0 Å². The number of halogens is 3. The van der Waals surface area contributed by atoms with E-state index in [1.807, 2.05) is 0 Å². The number of carbonyl (C=O) groups is 1. The van der Waals surface area contributed by atoms with Crippen molar-refractivity contribution in [3.8, 4) is 0 Å². The van der Waals surface area contributed by atoms with E-state index in [0.29, 0.717) is 5.56 Å². The van der Waals surface area contributed by atoms with Gasteiger partial charge in [0.15, 0.2) is 0 Å². The van der Waals surface area contributed by atoms with Crippen LogP contribution in [0.15, 0.2) is 58.8 Å². The van der Waals surface area contributed by atoms with Crippen molar-refractivity contribution >= 4 is 29.4 Å². The number of pyridine rings is 1. The van der Waals surface area contributed by atoms with Gasteiger partial charge in [0, 0.05) is 17.8 Å². The zero-order valence-corrected chi connectivity index (χ0v) is 12.0. The number of aliphatic imine (C=N–C) groups is 2. The van der Waals surface area contributed by atoms with Crippen LogP contribution in [0.3, 0.4) is 0 Å². The minimum atomic E-state index is -4.46. The van der Waals surface area contributed by atoms with Gasteiger partial charge in [-0.2, -0.15) is 23.2 Å². The van der Waals surface area contributed by atoms with E-state index in [1.165, 1.54) is 36.7 Å². The molecule has 1 heterocycles. The maximum absolute atomic E-state index is 12.6. The molecule has 0 unspecified atom stereocenters. The molecule has 1 N–H and O–H groups in total. The summed E-state index contributed by atoms with van der Waals surface area (Å²) < 4.78 is 37.8. The summed E-state index contributed by atoms with van der Waals surface area (Å²) in [7, 11) is 0. The monoisotopic (exact) mass is 333 g/mol. The number of carboxylic acids is 1. The molecular weight excluding hydrogens is 323 g/mol. The number of nitrogens with zero attached hydrogens (tertiary/aromatic N) is 3. The standard InChI is InChI=1S/C16H10F3N3O2/c17-16(18,19)12-2-1-3-13(8-12)21-10-22-14-9-20-7-6-11(14)4-5-15(23)24/h1-9H,(H,23,24)/b5-4+. The van der Waals surface area contributed by atoms with Crippen LogP contribution in [0.4, 0.5) is 24.5 Å². The van der Waals surface area contributed by atoms with Crippen molar-refractivity contribution in [3.63, 3.8) is 0 Å². The fourth-order valence-corrected chi connectivity index (χ4v) is 1.68. The Bertz CT molecular complexity index is 838. The van der Waals surface area contributed by atoms with Crippen LogP contribution in [0.2, 0.25) is 0 Å². The Kier molecular flexibility index (Phi) is 5.23. The molecule has 1 aromatic heterocycles. The van der Waals surface area contributed by atoms with Gasteiger partial charge in [0.05, 0.1) is 17.4 Å². The number of carboxylic acid groups (broad SMARTS) is 1. The number of hydrogen-bond acceptors (Lipinski definition) is 4. The van der Waals surface area contributed by atoms with Gasteiger partial charge >= 0.3 is 12.1 Å². The van der Waals surface area contributed by atoms with Crippen LogP contribution in [0.25, 0.3) is 6.08 Å². The minimum Gasteiger partial charge on any atom is -0.478 e. The summed E-state index contributed by atoms with van der Waals surface area (Å²) in [5.41, 5.74) is -0.0398. The highest BCUT2D eigenvalue weighted by Gasteiger charge is 2.30. The Labute approximate surface area is 134 Å². The first-order valence-electron chi connectivity index (χ1n) is 6.55. The van der Waals surface area contributed by atoms with Crippen molar-refractivity contribution in [2.75, 3.05) is 0 Å². The van der Waals surface area contributed by atoms with E-state index in [0.717, 1.165) is 18.2 Å². The predicted octanol–water partition coefficient (Wildman–Crippen LogP) is 4.34. The Balaban J connectivity index is 2.28. The lowest BCUT2D eigenvalue weighted by Gasteiger charge is -2.05. The second-order valence-corrected chi connectivity index (χ2v) is 4.48. The molecular formula is C16H10F3N3O2. The summed E-state index contributed by atoms with van der Waals surface area (Å²) in [6, 6.07) is 8.24. The summed E-state index contributed by atoms with van der Waals surface area (Å²) >= 11 is 0. The minimum absolute atomic E-state index is 0.0418. The van der Waals surface area contributed by atoms with E-state index in [-0.39, 0.29) is 11.4 Å². The zero-order chi connectivity index (χ0) is 17.6. The average molecular weight is 333 g/mol. The van der Waals surface area contributed by atoms with Crippen molar-refractivity contribution in [1.82, 2.24) is 4.98 Å². The summed E-state index contributed by atoms with van der Waals surface area (Å²) in [5.74, 6) is -1.13. The van der Waals surface area contributed by atoms with Crippen LogP contribution in [0, 0.1) is 0 Å². The molecule has 1 aromatic carbocycles. The van der Waals surface area contributed by atoms with Crippen LogP contribution in [0.1, 0.15) is 11.1 Å². The first-order valence-corrected chi connectivity index (χ1v) is 6.55. The van der Waals surface area contributed by atoms with E-state index >= 15 is 0 Å². The van der Waals surface area contributed by atoms with Gasteiger partial charge in [-0.3, -0.25) is 4.98 Å². The molecule has 0 atom stereocenters. The molecule has 0 amide bonds. The van der Waals surface area contributed by atoms with Gasteiger partial charge < -0.3 is 5.11 Å². The molecule has 122 valence electrons. The fraction of sp³-hybridized carbons (Fsp3) is 0.0625. The maximum Gasteiger partial charge on any atom is 0.416 e. The summed E-state index contributed by atoms with van der Waals surface area (Å²) in [5, 5.41) is 8.62. The largest absolute Gasteiger partial charge is 0.478 e. The smallest absolute Gasteiger partial charge is 0.416 e. The van der Waals surface area contributed by atoms with E-state index in [9.17, 15) is 18.0 Å². The predicted molar refractivity (Wildman–Crippen MR) is 81.5 cm³/mol. The molecule has 24 heavy (non-hydrogen) atoms.